The number of thioether (sulfide) groups is 1. The van der Waals surface area contributed by atoms with Crippen LogP contribution in [0.3, 0.4) is 0 Å². The van der Waals surface area contributed by atoms with Crippen LogP contribution in [0.15, 0.2) is 23.0 Å². The van der Waals surface area contributed by atoms with Crippen molar-refractivity contribution in [2.45, 2.75) is 68.4 Å². The molecule has 0 atom stereocenters. The number of Topliss-reactive ketones (excluding diaryl/α,β-unsaturated/α-hetero) is 1. The van der Waals surface area contributed by atoms with Crippen molar-refractivity contribution in [3.8, 4) is 0 Å². The summed E-state index contributed by atoms with van der Waals surface area (Å²) in [5.41, 5.74) is 1.73. The lowest BCUT2D eigenvalue weighted by Crippen LogP contribution is -2.17. The third kappa shape index (κ3) is 4.11. The highest BCUT2D eigenvalue weighted by Gasteiger charge is 2.19. The van der Waals surface area contributed by atoms with Gasteiger partial charge in [-0.25, -0.2) is 4.98 Å². The Morgan fingerprint density at radius 3 is 2.65 bits per heavy atom. The SMILES string of the molecule is O=C1CCC(SCc2nc3cc(NC4CCCC4)ccc3c(=O)[nH]2)CC1. The van der Waals surface area contributed by atoms with Crippen molar-refractivity contribution in [2.24, 2.45) is 0 Å². The van der Waals surface area contributed by atoms with Crippen LogP contribution in [-0.2, 0) is 10.5 Å². The minimum absolute atomic E-state index is 0.0724. The average Bonchev–Trinajstić information content (AvgIpc) is 3.14. The fourth-order valence-corrected chi connectivity index (χ4v) is 5.03. The summed E-state index contributed by atoms with van der Waals surface area (Å²) in [6, 6.07) is 6.38. The van der Waals surface area contributed by atoms with Crippen molar-refractivity contribution in [1.82, 2.24) is 9.97 Å². The molecule has 1 aromatic carbocycles. The molecule has 2 aliphatic carbocycles. The Balaban J connectivity index is 1.48. The second kappa shape index (κ2) is 7.82. The number of H-pyrrole nitrogens is 1. The van der Waals surface area contributed by atoms with Crippen molar-refractivity contribution in [2.75, 3.05) is 5.32 Å². The molecular weight excluding hydrogens is 346 g/mol. The molecule has 0 aliphatic heterocycles. The van der Waals surface area contributed by atoms with Gasteiger partial charge in [-0.1, -0.05) is 12.8 Å². The predicted octanol–water partition coefficient (Wildman–Crippen LogP) is 4.02. The number of aromatic nitrogens is 2. The topological polar surface area (TPSA) is 74.8 Å². The van der Waals surface area contributed by atoms with Crippen LogP contribution < -0.4 is 10.9 Å². The summed E-state index contributed by atoms with van der Waals surface area (Å²) >= 11 is 1.80. The Morgan fingerprint density at radius 1 is 1.12 bits per heavy atom. The normalized spacial score (nSPS) is 19.3. The van der Waals surface area contributed by atoms with Crippen LogP contribution >= 0.6 is 11.8 Å². The number of ketones is 1. The molecular formula is C20H25N3O2S. The van der Waals surface area contributed by atoms with Crippen molar-refractivity contribution >= 4 is 34.1 Å². The number of aromatic amines is 1. The first kappa shape index (κ1) is 17.6. The number of benzene rings is 1. The van der Waals surface area contributed by atoms with Gasteiger partial charge in [-0.2, -0.15) is 11.8 Å². The van der Waals surface area contributed by atoms with Crippen LogP contribution in [0.2, 0.25) is 0 Å². The maximum atomic E-state index is 12.4. The average molecular weight is 372 g/mol. The molecule has 4 rings (SSSR count). The lowest BCUT2D eigenvalue weighted by Gasteiger charge is -2.20. The van der Waals surface area contributed by atoms with Gasteiger partial charge in [0.2, 0.25) is 0 Å². The minimum Gasteiger partial charge on any atom is -0.382 e. The van der Waals surface area contributed by atoms with Gasteiger partial charge in [0.1, 0.15) is 11.6 Å². The molecule has 0 amide bonds. The summed E-state index contributed by atoms with van der Waals surface area (Å²) in [7, 11) is 0. The third-order valence-electron chi connectivity index (χ3n) is 5.43. The Kier molecular flexibility index (Phi) is 5.29. The van der Waals surface area contributed by atoms with E-state index in [1.807, 2.05) is 18.2 Å². The van der Waals surface area contributed by atoms with Gasteiger partial charge in [-0.15, -0.1) is 0 Å². The smallest absolute Gasteiger partial charge is 0.258 e. The van der Waals surface area contributed by atoms with E-state index in [0.29, 0.717) is 41.1 Å². The zero-order valence-electron chi connectivity index (χ0n) is 14.9. The molecule has 26 heavy (non-hydrogen) atoms. The van der Waals surface area contributed by atoms with Crippen LogP contribution in [-0.4, -0.2) is 27.0 Å². The van der Waals surface area contributed by atoms with E-state index >= 15 is 0 Å². The molecule has 138 valence electrons. The zero-order valence-corrected chi connectivity index (χ0v) is 15.7. The third-order valence-corrected chi connectivity index (χ3v) is 6.81. The fourth-order valence-electron chi connectivity index (χ4n) is 3.93. The number of rotatable bonds is 5. The molecule has 1 heterocycles. The van der Waals surface area contributed by atoms with E-state index in [2.05, 4.69) is 15.3 Å². The van der Waals surface area contributed by atoms with Gasteiger partial charge < -0.3 is 10.3 Å². The number of carbonyl (C=O) groups excluding carboxylic acids is 1. The highest BCUT2D eigenvalue weighted by molar-refractivity contribution is 7.99. The molecule has 0 saturated heterocycles. The molecule has 2 fully saturated rings. The quantitative estimate of drug-likeness (QED) is 0.830. The van der Waals surface area contributed by atoms with E-state index in [0.717, 1.165) is 29.9 Å². The largest absolute Gasteiger partial charge is 0.382 e. The monoisotopic (exact) mass is 371 g/mol. The Hall–Kier alpha value is -1.82. The van der Waals surface area contributed by atoms with Crippen molar-refractivity contribution in [3.63, 3.8) is 0 Å². The molecule has 2 N–H and O–H groups in total. The predicted molar refractivity (Wildman–Crippen MR) is 107 cm³/mol. The van der Waals surface area contributed by atoms with Crippen LogP contribution in [0, 0.1) is 0 Å². The second-order valence-electron chi connectivity index (χ2n) is 7.42. The zero-order chi connectivity index (χ0) is 17.9. The number of nitrogens with one attached hydrogen (secondary N) is 2. The highest BCUT2D eigenvalue weighted by atomic mass is 32.2. The molecule has 6 heteroatoms. The van der Waals surface area contributed by atoms with Crippen molar-refractivity contribution in [3.05, 3.63) is 34.4 Å². The highest BCUT2D eigenvalue weighted by Crippen LogP contribution is 2.29. The molecule has 0 radical (unpaired) electrons. The van der Waals surface area contributed by atoms with Gasteiger partial charge in [0, 0.05) is 29.8 Å². The standard InChI is InChI=1S/C20H25N3O2S/c24-15-6-8-16(9-7-15)26-12-19-22-18-11-14(21-13-3-1-2-4-13)5-10-17(18)20(25)23-19/h5,10-11,13,16,21H,1-4,6-9,12H2,(H,22,23,25). The van der Waals surface area contributed by atoms with E-state index in [1.165, 1.54) is 25.7 Å². The first-order valence-electron chi connectivity index (χ1n) is 9.60. The second-order valence-corrected chi connectivity index (χ2v) is 8.71. The maximum Gasteiger partial charge on any atom is 0.258 e. The number of hydrogen-bond donors (Lipinski definition) is 2. The van der Waals surface area contributed by atoms with E-state index in [9.17, 15) is 9.59 Å². The van der Waals surface area contributed by atoms with Crippen LogP contribution in [0.1, 0.15) is 57.2 Å². The number of nitrogens with zero attached hydrogens (tertiary/aromatic N) is 1. The summed E-state index contributed by atoms with van der Waals surface area (Å²) in [5.74, 6) is 1.79. The maximum absolute atomic E-state index is 12.4. The van der Waals surface area contributed by atoms with E-state index < -0.39 is 0 Å². The van der Waals surface area contributed by atoms with E-state index in [-0.39, 0.29) is 5.56 Å². The molecule has 0 unspecified atom stereocenters. The van der Waals surface area contributed by atoms with E-state index in [4.69, 9.17) is 0 Å². The lowest BCUT2D eigenvalue weighted by molar-refractivity contribution is -0.120. The van der Waals surface area contributed by atoms with Crippen LogP contribution in [0.25, 0.3) is 10.9 Å². The van der Waals surface area contributed by atoms with Gasteiger partial charge in [0.25, 0.3) is 5.56 Å². The van der Waals surface area contributed by atoms with Crippen LogP contribution in [0.5, 0.6) is 0 Å². The summed E-state index contributed by atoms with van der Waals surface area (Å²) < 4.78 is 0. The first-order valence-corrected chi connectivity index (χ1v) is 10.6. The van der Waals surface area contributed by atoms with Gasteiger partial charge in [-0.05, 0) is 43.9 Å². The molecule has 2 aromatic rings. The first-order chi connectivity index (χ1) is 12.7. The number of carbonyl (C=O) groups is 1. The molecule has 2 aliphatic rings. The number of anilines is 1. The van der Waals surface area contributed by atoms with Crippen molar-refractivity contribution < 1.29 is 4.79 Å². The molecule has 5 nitrogen and oxygen atoms in total. The van der Waals surface area contributed by atoms with Gasteiger partial charge in [0.05, 0.1) is 16.7 Å². The molecule has 1 aromatic heterocycles. The Bertz CT molecular complexity index is 848. The number of hydrogen-bond acceptors (Lipinski definition) is 5. The van der Waals surface area contributed by atoms with Gasteiger partial charge in [0.15, 0.2) is 0 Å². The Labute approximate surface area is 157 Å². The minimum atomic E-state index is -0.0724. The Morgan fingerprint density at radius 2 is 1.88 bits per heavy atom. The van der Waals surface area contributed by atoms with Crippen molar-refractivity contribution in [1.29, 1.82) is 0 Å². The van der Waals surface area contributed by atoms with Gasteiger partial charge in [-0.3, -0.25) is 9.59 Å². The summed E-state index contributed by atoms with van der Waals surface area (Å²) in [6.45, 7) is 0. The van der Waals surface area contributed by atoms with E-state index in [1.54, 1.807) is 11.8 Å². The lowest BCUT2D eigenvalue weighted by atomic mass is 9.99. The van der Waals surface area contributed by atoms with Gasteiger partial charge >= 0.3 is 0 Å². The number of fused-ring (bicyclic) bond motifs is 1. The molecule has 2 saturated carbocycles. The van der Waals surface area contributed by atoms with Crippen LogP contribution in [0.4, 0.5) is 5.69 Å². The molecule has 0 spiro atoms. The fraction of sp³-hybridized carbons (Fsp3) is 0.550. The molecule has 0 bridgehead atoms. The summed E-state index contributed by atoms with van der Waals surface area (Å²) in [4.78, 5) is 31.3. The summed E-state index contributed by atoms with van der Waals surface area (Å²) in [5, 5.41) is 4.70. The summed E-state index contributed by atoms with van der Waals surface area (Å²) in [6.07, 6.45) is 8.27.